The van der Waals surface area contributed by atoms with Crippen LogP contribution in [0.1, 0.15) is 5.56 Å². The largest absolute Gasteiger partial charge is 0.449 e. The van der Waals surface area contributed by atoms with Crippen LogP contribution in [0.2, 0.25) is 0 Å². The minimum Gasteiger partial charge on any atom is -0.449 e. The third-order valence-electron chi connectivity index (χ3n) is 2.44. The average molecular weight is 366 g/mol. The molecule has 0 fully saturated rings. The van der Waals surface area contributed by atoms with Crippen LogP contribution in [-0.2, 0) is 21.1 Å². The van der Waals surface area contributed by atoms with Gasteiger partial charge >= 0.3 is 0 Å². The average Bonchev–Trinajstić information content (AvgIpc) is 2.66. The van der Waals surface area contributed by atoms with E-state index in [0.717, 1.165) is 11.0 Å². The van der Waals surface area contributed by atoms with Gasteiger partial charge in [-0.05, 0) is 17.7 Å². The molecule has 3 rings (SSSR count). The Kier molecular flexibility index (Phi) is 2.57. The summed E-state index contributed by atoms with van der Waals surface area (Å²) in [5.74, 6) is 0. The van der Waals surface area contributed by atoms with E-state index in [4.69, 9.17) is 0 Å². The van der Waals surface area contributed by atoms with Crippen molar-refractivity contribution in [2.24, 2.45) is 0 Å². The molecule has 1 aromatic carbocycles. The third kappa shape index (κ3) is 1.47. The summed E-state index contributed by atoms with van der Waals surface area (Å²) >= 11 is 0. The predicted octanol–water partition coefficient (Wildman–Crippen LogP) is 1.99. The standard InChI is InChI=1S/C11H8N3.W/c1-8-6-14-7-12-13-11(14)10-5-3-2-4-9(8)10;/h2-6H,1H3;/q-1;. The molecule has 15 heavy (non-hydrogen) atoms. The zero-order valence-electron chi connectivity index (χ0n) is 8.14. The van der Waals surface area contributed by atoms with E-state index in [-0.39, 0.29) is 21.1 Å². The molecule has 0 aliphatic carbocycles. The second-order valence-corrected chi connectivity index (χ2v) is 3.35. The first kappa shape index (κ1) is 10.3. The number of aryl methyl sites for hydroxylation is 1. The van der Waals surface area contributed by atoms with Gasteiger partial charge in [0.05, 0.1) is 5.65 Å². The van der Waals surface area contributed by atoms with E-state index >= 15 is 0 Å². The van der Waals surface area contributed by atoms with Gasteiger partial charge in [-0.25, -0.2) is 10.2 Å². The molecule has 0 bridgehead atoms. The monoisotopic (exact) mass is 366 g/mol. The fourth-order valence-electron chi connectivity index (χ4n) is 1.77. The van der Waals surface area contributed by atoms with E-state index in [2.05, 4.69) is 35.6 Å². The number of hydrogen-bond acceptors (Lipinski definition) is 2. The number of aromatic nitrogens is 3. The van der Waals surface area contributed by atoms with Crippen LogP contribution < -0.4 is 0 Å². The molecule has 2 heterocycles. The number of pyridine rings is 1. The summed E-state index contributed by atoms with van der Waals surface area (Å²) < 4.78 is 1.83. The molecular formula is C11H8N3W-. The van der Waals surface area contributed by atoms with Crippen LogP contribution in [0.3, 0.4) is 0 Å². The minimum atomic E-state index is 0. The van der Waals surface area contributed by atoms with Crippen molar-refractivity contribution in [1.29, 1.82) is 0 Å². The van der Waals surface area contributed by atoms with Gasteiger partial charge in [0.15, 0.2) is 0 Å². The molecule has 3 nitrogen and oxygen atoms in total. The number of fused-ring (bicyclic) bond motifs is 3. The summed E-state index contributed by atoms with van der Waals surface area (Å²) in [4.78, 5) is 0. The summed E-state index contributed by atoms with van der Waals surface area (Å²) in [6.45, 7) is 2.08. The van der Waals surface area contributed by atoms with Crippen LogP contribution in [0.15, 0.2) is 30.5 Å². The number of benzene rings is 1. The summed E-state index contributed by atoms with van der Waals surface area (Å²) in [6, 6.07) is 8.20. The zero-order chi connectivity index (χ0) is 9.54. The van der Waals surface area contributed by atoms with Gasteiger partial charge in [-0.1, -0.05) is 36.0 Å². The molecule has 4 heteroatoms. The third-order valence-corrected chi connectivity index (χ3v) is 2.44. The Hall–Kier alpha value is -1.21. The van der Waals surface area contributed by atoms with E-state index in [1.54, 1.807) is 0 Å². The molecule has 0 saturated heterocycles. The molecular weight excluding hydrogens is 358 g/mol. The Balaban J connectivity index is 0.000000853. The zero-order valence-corrected chi connectivity index (χ0v) is 11.1. The maximum atomic E-state index is 4.05. The van der Waals surface area contributed by atoms with Crippen molar-refractivity contribution in [1.82, 2.24) is 14.6 Å². The number of rotatable bonds is 0. The second-order valence-electron chi connectivity index (χ2n) is 3.35. The van der Waals surface area contributed by atoms with Gasteiger partial charge in [0.2, 0.25) is 0 Å². The van der Waals surface area contributed by atoms with Gasteiger partial charge in [-0.3, -0.25) is 0 Å². The van der Waals surface area contributed by atoms with Crippen LogP contribution in [-0.4, -0.2) is 14.6 Å². The van der Waals surface area contributed by atoms with Crippen molar-refractivity contribution in [2.75, 3.05) is 0 Å². The van der Waals surface area contributed by atoms with Crippen LogP contribution in [0, 0.1) is 13.3 Å². The van der Waals surface area contributed by atoms with E-state index in [1.165, 1.54) is 10.9 Å². The van der Waals surface area contributed by atoms with Crippen LogP contribution in [0.25, 0.3) is 16.4 Å². The van der Waals surface area contributed by atoms with Gasteiger partial charge in [-0.2, -0.15) is 0 Å². The molecule has 0 aliphatic heterocycles. The van der Waals surface area contributed by atoms with E-state index in [0.29, 0.717) is 0 Å². The Morgan fingerprint density at radius 1 is 1.20 bits per heavy atom. The SMILES string of the molecule is Cc1cn2[c-]nnc2c2ccccc12.[W]. The van der Waals surface area contributed by atoms with Gasteiger partial charge in [0.25, 0.3) is 0 Å². The summed E-state index contributed by atoms with van der Waals surface area (Å²) in [7, 11) is 0. The topological polar surface area (TPSA) is 30.2 Å². The van der Waals surface area contributed by atoms with Crippen molar-refractivity contribution >= 4 is 16.4 Å². The molecule has 74 valence electrons. The van der Waals surface area contributed by atoms with Crippen molar-refractivity contribution in [3.8, 4) is 0 Å². The molecule has 0 amide bonds. The smallest absolute Gasteiger partial charge is 0.0562 e. The van der Waals surface area contributed by atoms with Crippen LogP contribution >= 0.6 is 0 Å². The first-order valence-electron chi connectivity index (χ1n) is 4.47. The van der Waals surface area contributed by atoms with Gasteiger partial charge in [0, 0.05) is 27.4 Å². The minimum absolute atomic E-state index is 0. The fourth-order valence-corrected chi connectivity index (χ4v) is 1.77. The Labute approximate surface area is 101 Å². The molecule has 3 aromatic rings. The molecule has 0 N–H and O–H groups in total. The molecule has 0 spiro atoms. The summed E-state index contributed by atoms with van der Waals surface area (Å²) in [5.41, 5.74) is 2.08. The molecule has 0 atom stereocenters. The molecule has 0 radical (unpaired) electrons. The van der Waals surface area contributed by atoms with Crippen LogP contribution in [0.4, 0.5) is 0 Å². The predicted molar refractivity (Wildman–Crippen MR) is 54.1 cm³/mol. The van der Waals surface area contributed by atoms with Gasteiger partial charge < -0.3 is 4.40 Å². The molecule has 0 saturated carbocycles. The summed E-state index contributed by atoms with van der Waals surface area (Å²) in [6.07, 6.45) is 4.81. The summed E-state index contributed by atoms with van der Waals surface area (Å²) in [5, 5.41) is 10.2. The normalized spacial score (nSPS) is 10.5. The molecule has 2 aromatic heterocycles. The Bertz CT molecular complexity index is 615. The van der Waals surface area contributed by atoms with Gasteiger partial charge in [0.1, 0.15) is 0 Å². The second kappa shape index (κ2) is 3.74. The van der Waals surface area contributed by atoms with E-state index in [1.807, 2.05) is 22.7 Å². The fraction of sp³-hybridized carbons (Fsp3) is 0.0909. The molecule has 0 aliphatic rings. The first-order valence-corrected chi connectivity index (χ1v) is 4.47. The number of hydrogen-bond donors (Lipinski definition) is 0. The van der Waals surface area contributed by atoms with E-state index in [9.17, 15) is 0 Å². The maximum Gasteiger partial charge on any atom is 0.0562 e. The van der Waals surface area contributed by atoms with Crippen molar-refractivity contribution < 1.29 is 21.1 Å². The first-order chi connectivity index (χ1) is 6.86. The number of nitrogens with zero attached hydrogens (tertiary/aromatic N) is 3. The van der Waals surface area contributed by atoms with Gasteiger partial charge in [-0.15, -0.1) is 0 Å². The Morgan fingerprint density at radius 2 is 1.93 bits per heavy atom. The Morgan fingerprint density at radius 3 is 2.73 bits per heavy atom. The molecule has 0 unspecified atom stereocenters. The van der Waals surface area contributed by atoms with E-state index < -0.39 is 0 Å². The van der Waals surface area contributed by atoms with Crippen molar-refractivity contribution in [3.05, 3.63) is 42.4 Å². The van der Waals surface area contributed by atoms with Crippen molar-refractivity contribution in [3.63, 3.8) is 0 Å². The van der Waals surface area contributed by atoms with Crippen molar-refractivity contribution in [2.45, 2.75) is 6.92 Å². The van der Waals surface area contributed by atoms with Crippen LogP contribution in [0.5, 0.6) is 0 Å². The quantitative estimate of drug-likeness (QED) is 0.570. The maximum absolute atomic E-state index is 4.05.